The standard InChI is InChI=1S/C28H31N7O/c1-2-34-17-22(15-32-34)19-4-3-5-20(12-19)27-30-13-21(14-31-27)23-16-33-35(18-23)24-6-9-28(10-7-24)11-8-25(36)26(28)29/h3-5,12-18,24,26H,2,6-11,29H2,1H3. The first-order chi connectivity index (χ1) is 17.5. The zero-order chi connectivity index (χ0) is 24.7. The van der Waals surface area contributed by atoms with Crippen LogP contribution in [0.15, 0.2) is 61.4 Å². The third-order valence-electron chi connectivity index (χ3n) is 8.20. The molecular weight excluding hydrogens is 450 g/mol. The third-order valence-corrected chi connectivity index (χ3v) is 8.20. The minimum absolute atomic E-state index is 0.0149. The number of hydrogen-bond acceptors (Lipinski definition) is 6. The molecule has 1 atom stereocenters. The molecule has 3 heterocycles. The van der Waals surface area contributed by atoms with Crippen LogP contribution in [0.2, 0.25) is 0 Å². The van der Waals surface area contributed by atoms with E-state index in [-0.39, 0.29) is 17.2 Å². The van der Waals surface area contributed by atoms with Crippen molar-refractivity contribution >= 4 is 5.78 Å². The molecule has 0 bridgehead atoms. The fraction of sp³-hybridized carbons (Fsp3) is 0.393. The second-order valence-electron chi connectivity index (χ2n) is 10.2. The SMILES string of the molecule is CCn1cc(-c2cccc(-c3ncc(-c4cnn(C5CCC6(CCC(=O)C6N)CC5)c4)cn3)c2)cn1. The molecule has 1 aromatic carbocycles. The molecule has 8 nitrogen and oxygen atoms in total. The summed E-state index contributed by atoms with van der Waals surface area (Å²) >= 11 is 0. The van der Waals surface area contributed by atoms with Gasteiger partial charge in [0.15, 0.2) is 5.82 Å². The summed E-state index contributed by atoms with van der Waals surface area (Å²) in [6.45, 7) is 2.92. The van der Waals surface area contributed by atoms with Crippen LogP contribution in [0.1, 0.15) is 51.5 Å². The van der Waals surface area contributed by atoms with E-state index in [0.717, 1.165) is 66.5 Å². The molecule has 3 aromatic heterocycles. The van der Waals surface area contributed by atoms with Crippen LogP contribution in [0.25, 0.3) is 33.6 Å². The van der Waals surface area contributed by atoms with Gasteiger partial charge in [-0.3, -0.25) is 14.2 Å². The van der Waals surface area contributed by atoms with Crippen molar-refractivity contribution in [3.63, 3.8) is 0 Å². The van der Waals surface area contributed by atoms with E-state index in [9.17, 15) is 4.79 Å². The van der Waals surface area contributed by atoms with E-state index in [1.54, 1.807) is 0 Å². The van der Waals surface area contributed by atoms with Crippen molar-refractivity contribution in [1.29, 1.82) is 0 Å². The molecule has 1 unspecified atom stereocenters. The molecule has 2 N–H and O–H groups in total. The average molecular weight is 482 g/mol. The first-order valence-electron chi connectivity index (χ1n) is 12.8. The lowest BCUT2D eigenvalue weighted by Crippen LogP contribution is -2.43. The van der Waals surface area contributed by atoms with Crippen molar-refractivity contribution in [2.24, 2.45) is 11.1 Å². The lowest BCUT2D eigenvalue weighted by molar-refractivity contribution is -0.119. The fourth-order valence-electron chi connectivity index (χ4n) is 5.86. The number of nitrogens with two attached hydrogens (primary N) is 1. The monoisotopic (exact) mass is 481 g/mol. The average Bonchev–Trinajstić information content (AvgIpc) is 3.67. The van der Waals surface area contributed by atoms with Crippen molar-refractivity contribution < 1.29 is 4.79 Å². The van der Waals surface area contributed by atoms with E-state index in [0.29, 0.717) is 18.3 Å². The Morgan fingerprint density at radius 3 is 2.33 bits per heavy atom. The van der Waals surface area contributed by atoms with Crippen LogP contribution in [-0.4, -0.2) is 41.4 Å². The first-order valence-corrected chi connectivity index (χ1v) is 12.8. The van der Waals surface area contributed by atoms with Crippen LogP contribution in [0.4, 0.5) is 0 Å². The van der Waals surface area contributed by atoms with E-state index in [1.165, 1.54) is 0 Å². The smallest absolute Gasteiger partial charge is 0.159 e. The van der Waals surface area contributed by atoms with Crippen LogP contribution in [0.3, 0.4) is 0 Å². The van der Waals surface area contributed by atoms with Gasteiger partial charge in [0.05, 0.1) is 24.5 Å². The maximum absolute atomic E-state index is 12.0. The van der Waals surface area contributed by atoms with Crippen LogP contribution < -0.4 is 5.73 Å². The second kappa shape index (κ2) is 9.09. The molecule has 2 fully saturated rings. The zero-order valence-electron chi connectivity index (χ0n) is 20.5. The maximum Gasteiger partial charge on any atom is 0.159 e. The summed E-state index contributed by atoms with van der Waals surface area (Å²) in [7, 11) is 0. The highest BCUT2D eigenvalue weighted by molar-refractivity contribution is 5.87. The van der Waals surface area contributed by atoms with Crippen molar-refractivity contribution in [3.05, 3.63) is 61.4 Å². The van der Waals surface area contributed by atoms with Crippen LogP contribution in [0, 0.1) is 5.41 Å². The summed E-state index contributed by atoms with van der Waals surface area (Å²) in [5.41, 5.74) is 11.4. The highest BCUT2D eigenvalue weighted by Crippen LogP contribution is 2.49. The van der Waals surface area contributed by atoms with Crippen LogP contribution in [0.5, 0.6) is 0 Å². The van der Waals surface area contributed by atoms with Crippen LogP contribution >= 0.6 is 0 Å². The van der Waals surface area contributed by atoms with Gasteiger partial charge in [-0.05, 0) is 56.1 Å². The van der Waals surface area contributed by atoms with E-state index < -0.39 is 0 Å². The van der Waals surface area contributed by atoms with E-state index in [1.807, 2.05) is 41.6 Å². The molecule has 36 heavy (non-hydrogen) atoms. The molecule has 2 aliphatic carbocycles. The largest absolute Gasteiger partial charge is 0.321 e. The number of hydrogen-bond donors (Lipinski definition) is 1. The van der Waals surface area contributed by atoms with Crippen LogP contribution in [-0.2, 0) is 11.3 Å². The minimum Gasteiger partial charge on any atom is -0.321 e. The van der Waals surface area contributed by atoms with Gasteiger partial charge in [0.1, 0.15) is 5.78 Å². The van der Waals surface area contributed by atoms with Gasteiger partial charge in [0, 0.05) is 60.0 Å². The number of benzene rings is 1. The number of ketones is 1. The van der Waals surface area contributed by atoms with E-state index >= 15 is 0 Å². The molecule has 4 aromatic rings. The highest BCUT2D eigenvalue weighted by atomic mass is 16.1. The van der Waals surface area contributed by atoms with Crippen molar-refractivity contribution in [3.8, 4) is 33.6 Å². The van der Waals surface area contributed by atoms with Gasteiger partial charge in [0.25, 0.3) is 0 Å². The topological polar surface area (TPSA) is 105 Å². The number of aromatic nitrogens is 6. The predicted octanol–water partition coefficient (Wildman–Crippen LogP) is 4.68. The first kappa shape index (κ1) is 22.8. The number of nitrogens with zero attached hydrogens (tertiary/aromatic N) is 6. The Labute approximate surface area is 210 Å². The Morgan fingerprint density at radius 2 is 1.64 bits per heavy atom. The second-order valence-corrected chi connectivity index (χ2v) is 10.2. The van der Waals surface area contributed by atoms with Gasteiger partial charge in [-0.15, -0.1) is 0 Å². The molecule has 0 aliphatic heterocycles. The molecule has 8 heteroatoms. The maximum atomic E-state index is 12.0. The Hall–Kier alpha value is -3.65. The van der Waals surface area contributed by atoms with Gasteiger partial charge < -0.3 is 5.73 Å². The summed E-state index contributed by atoms with van der Waals surface area (Å²) in [6.07, 6.45) is 17.2. The number of rotatable bonds is 5. The van der Waals surface area contributed by atoms with Crippen molar-refractivity contribution in [2.75, 3.05) is 0 Å². The molecule has 6 rings (SSSR count). The van der Waals surface area contributed by atoms with E-state index in [4.69, 9.17) is 5.73 Å². The summed E-state index contributed by atoms with van der Waals surface area (Å²) < 4.78 is 3.99. The molecule has 2 aliphatic rings. The minimum atomic E-state index is -0.281. The molecule has 1 spiro atoms. The highest BCUT2D eigenvalue weighted by Gasteiger charge is 2.47. The number of aryl methyl sites for hydroxylation is 1. The van der Waals surface area contributed by atoms with Gasteiger partial charge >= 0.3 is 0 Å². The van der Waals surface area contributed by atoms with Gasteiger partial charge in [-0.2, -0.15) is 10.2 Å². The Balaban J connectivity index is 1.15. The number of carbonyl (C=O) groups is 1. The molecule has 2 saturated carbocycles. The lowest BCUT2D eigenvalue weighted by atomic mass is 9.69. The summed E-state index contributed by atoms with van der Waals surface area (Å²) in [6, 6.07) is 8.29. The number of carbonyl (C=O) groups excluding carboxylic acids is 1. The predicted molar refractivity (Wildman–Crippen MR) is 138 cm³/mol. The zero-order valence-corrected chi connectivity index (χ0v) is 20.5. The molecule has 0 amide bonds. The molecule has 0 saturated heterocycles. The Bertz CT molecular complexity index is 1380. The summed E-state index contributed by atoms with van der Waals surface area (Å²) in [5.74, 6) is 0.925. The van der Waals surface area contributed by atoms with Gasteiger partial charge in [0.2, 0.25) is 0 Å². The number of Topliss-reactive ketones (excluding diaryl/α,β-unsaturated/α-hetero) is 1. The molecule has 184 valence electrons. The lowest BCUT2D eigenvalue weighted by Gasteiger charge is -2.39. The van der Waals surface area contributed by atoms with Crippen molar-refractivity contribution in [2.45, 2.75) is 64.1 Å². The Morgan fingerprint density at radius 1 is 0.917 bits per heavy atom. The van der Waals surface area contributed by atoms with Crippen molar-refractivity contribution in [1.82, 2.24) is 29.5 Å². The Kier molecular flexibility index (Phi) is 5.76. The third kappa shape index (κ3) is 4.05. The van der Waals surface area contributed by atoms with Gasteiger partial charge in [-0.25, -0.2) is 9.97 Å². The quantitative estimate of drug-likeness (QED) is 0.444. The summed E-state index contributed by atoms with van der Waals surface area (Å²) in [5, 5.41) is 9.03. The normalized spacial score (nSPS) is 24.0. The fourth-order valence-corrected chi connectivity index (χ4v) is 5.86. The summed E-state index contributed by atoms with van der Waals surface area (Å²) in [4.78, 5) is 21.3. The van der Waals surface area contributed by atoms with E-state index in [2.05, 4.69) is 56.3 Å². The molecule has 0 radical (unpaired) electrons. The molecular formula is C28H31N7O. The van der Waals surface area contributed by atoms with Gasteiger partial charge in [-0.1, -0.05) is 18.2 Å².